The van der Waals surface area contributed by atoms with Crippen molar-refractivity contribution in [3.63, 3.8) is 0 Å². The van der Waals surface area contributed by atoms with E-state index in [2.05, 4.69) is 0 Å². The average molecular weight is 355 g/mol. The molecular formula is H15B5KNaO14. The van der Waals surface area contributed by atoms with Crippen LogP contribution in [0.1, 0.15) is 0 Å². The SMILES string of the molecule is O=BO.OB(O)O.OB(O)O.OB(O)O.OB(O)O.[KH].[NaH]. The van der Waals surface area contributed by atoms with E-state index in [0.29, 0.717) is 0 Å². The van der Waals surface area contributed by atoms with E-state index in [1.807, 2.05) is 0 Å². The van der Waals surface area contributed by atoms with E-state index in [0.717, 1.165) is 0 Å². The Bertz CT molecular complexity index is 99.5. The number of hydrogen-bond donors (Lipinski definition) is 13. The van der Waals surface area contributed by atoms with Crippen molar-refractivity contribution >= 4 is 118 Å². The van der Waals surface area contributed by atoms with Gasteiger partial charge in [-0.3, -0.25) is 0 Å². The molecule has 0 aliphatic heterocycles. The Morgan fingerprint density at radius 1 is 0.524 bits per heavy atom. The van der Waals surface area contributed by atoms with Crippen LogP contribution in [0.25, 0.3) is 0 Å². The van der Waals surface area contributed by atoms with Crippen LogP contribution < -0.4 is 0 Å². The van der Waals surface area contributed by atoms with Crippen molar-refractivity contribution in [2.75, 3.05) is 0 Å². The minimum atomic E-state index is -2.17. The zero-order valence-electron chi connectivity index (χ0n) is 9.11. The summed E-state index contributed by atoms with van der Waals surface area (Å²) in [5.41, 5.74) is 0. The Balaban J connectivity index is -0.0000000229. The van der Waals surface area contributed by atoms with Gasteiger partial charge in [-0.15, -0.1) is 0 Å². The van der Waals surface area contributed by atoms with Crippen molar-refractivity contribution in [2.45, 2.75) is 0 Å². The van der Waals surface area contributed by atoms with Crippen LogP contribution in [-0.2, 0) is 4.70 Å². The molecule has 0 heterocycles. The molecule has 0 aliphatic carbocycles. The Labute approximate surface area is 185 Å². The van der Waals surface area contributed by atoms with Crippen LogP contribution >= 0.6 is 0 Å². The normalized spacial score (nSPS) is 5.52. The third-order valence-electron chi connectivity index (χ3n) is 0. The monoisotopic (exact) mass is 356 g/mol. The quantitative estimate of drug-likeness (QED) is 0.180. The second kappa shape index (κ2) is 43.1. The summed E-state index contributed by atoms with van der Waals surface area (Å²) in [5.74, 6) is 0. The van der Waals surface area contributed by atoms with Crippen LogP contribution in [0.15, 0.2) is 0 Å². The van der Waals surface area contributed by atoms with Gasteiger partial charge in [0.1, 0.15) is 0 Å². The maximum atomic E-state index is 8.36. The average Bonchev–Trinajstić information content (AvgIpc) is 1.97. The number of rotatable bonds is 0. The van der Waals surface area contributed by atoms with Gasteiger partial charge < -0.3 is 60.3 Å². The third kappa shape index (κ3) is 2060. The summed E-state index contributed by atoms with van der Waals surface area (Å²) < 4.78 is 8.36. The molecular weight excluding hydrogens is 340 g/mol. The molecule has 0 spiro atoms. The van der Waals surface area contributed by atoms with E-state index >= 15 is 0 Å². The molecule has 0 atom stereocenters. The predicted molar refractivity (Wildman–Crippen MR) is 72.6 cm³/mol. The second-order valence-corrected chi connectivity index (χ2v) is 1.49. The van der Waals surface area contributed by atoms with Crippen molar-refractivity contribution in [1.29, 1.82) is 0 Å². The van der Waals surface area contributed by atoms with Gasteiger partial charge in [0, 0.05) is 0 Å². The summed E-state index contributed by atoms with van der Waals surface area (Å²) >= 11 is 0. The Hall–Kier alpha value is 2.08. The first-order chi connectivity index (χ1) is 8.34. The van der Waals surface area contributed by atoms with Crippen molar-refractivity contribution in [1.82, 2.24) is 0 Å². The summed E-state index contributed by atoms with van der Waals surface area (Å²) in [6.07, 6.45) is 0. The van der Waals surface area contributed by atoms with E-state index in [1.54, 1.807) is 0 Å². The van der Waals surface area contributed by atoms with Gasteiger partial charge in [-0.05, 0) is 0 Å². The molecule has 0 amide bonds. The zero-order valence-corrected chi connectivity index (χ0v) is 9.11. The van der Waals surface area contributed by atoms with Crippen LogP contribution in [0.5, 0.6) is 0 Å². The van der Waals surface area contributed by atoms with Gasteiger partial charge in [0.25, 0.3) is 0 Å². The van der Waals surface area contributed by atoms with E-state index in [-0.39, 0.29) is 88.3 Å². The standard InChI is InChI=1S/4BH3O3.BHO2.K.Na.2H/c4*2-1(3)4;2-1-3;;;;/h4*2-4H;2H;;;;. The predicted octanol–water partition coefficient (Wildman–Crippen LogP) is -10.6. The van der Waals surface area contributed by atoms with Crippen LogP contribution in [0.4, 0.5) is 0 Å². The fourth-order valence-corrected chi connectivity index (χ4v) is 0. The molecule has 0 aliphatic rings. The number of hydrogen-bond acceptors (Lipinski definition) is 13. The molecule has 0 fully saturated rings. The van der Waals surface area contributed by atoms with Crippen LogP contribution in [0.2, 0.25) is 0 Å². The molecule has 14 nitrogen and oxygen atoms in total. The van der Waals surface area contributed by atoms with Crippen LogP contribution in [0.3, 0.4) is 0 Å². The van der Waals surface area contributed by atoms with Gasteiger partial charge in [-0.1, -0.05) is 0 Å². The molecule has 0 saturated carbocycles. The molecule has 0 aromatic carbocycles. The van der Waals surface area contributed by atoms with Crippen molar-refractivity contribution in [2.24, 2.45) is 0 Å². The van der Waals surface area contributed by atoms with E-state index < -0.39 is 29.3 Å². The molecule has 0 aromatic rings. The molecule has 0 rings (SSSR count). The molecule has 0 unspecified atom stereocenters. The summed E-state index contributed by atoms with van der Waals surface area (Å²) in [4.78, 5) is 0. The van der Waals surface area contributed by atoms with E-state index in [9.17, 15) is 0 Å². The second-order valence-electron chi connectivity index (χ2n) is 1.49. The third-order valence-corrected chi connectivity index (χ3v) is 0. The van der Waals surface area contributed by atoms with Gasteiger partial charge >= 0.3 is 127 Å². The van der Waals surface area contributed by atoms with Crippen LogP contribution in [0, 0.1) is 0 Å². The van der Waals surface area contributed by atoms with Gasteiger partial charge in [-0.2, -0.15) is 0 Å². The first kappa shape index (κ1) is 43.5. The molecule has 0 radical (unpaired) electrons. The molecule has 13 N–H and O–H groups in total. The fourth-order valence-electron chi connectivity index (χ4n) is 0. The summed E-state index contributed by atoms with van der Waals surface area (Å²) in [6.45, 7) is 0. The maximum absolute atomic E-state index is 8.36. The molecule has 0 saturated heterocycles. The van der Waals surface area contributed by atoms with Crippen molar-refractivity contribution in [3.05, 3.63) is 0 Å². The summed E-state index contributed by atoms with van der Waals surface area (Å²) in [7, 11) is -8.92. The zero-order chi connectivity index (χ0) is 17.0. The van der Waals surface area contributed by atoms with E-state index in [4.69, 9.17) is 70.0 Å². The molecule has 0 bridgehead atoms. The van der Waals surface area contributed by atoms with Gasteiger partial charge in [-0.25, -0.2) is 0 Å². The van der Waals surface area contributed by atoms with Gasteiger partial charge in [0.2, 0.25) is 0 Å². The summed E-state index contributed by atoms with van der Waals surface area (Å²) in [5, 5.41) is 92.9. The van der Waals surface area contributed by atoms with Crippen molar-refractivity contribution < 1.29 is 70.0 Å². The Kier molecular flexibility index (Phi) is 89.4. The Morgan fingerprint density at radius 3 is 0.524 bits per heavy atom. The van der Waals surface area contributed by atoms with Crippen LogP contribution in [-0.4, -0.2) is 183 Å². The van der Waals surface area contributed by atoms with Crippen molar-refractivity contribution in [3.8, 4) is 0 Å². The van der Waals surface area contributed by atoms with Gasteiger partial charge in [0.15, 0.2) is 0 Å². The first-order valence-corrected chi connectivity index (χ1v) is 3.59. The van der Waals surface area contributed by atoms with E-state index in [1.165, 1.54) is 0 Å². The fraction of sp³-hybridized carbons (Fsp3) is 0. The molecule has 116 valence electrons. The molecule has 21 heteroatoms. The molecule has 21 heavy (non-hydrogen) atoms. The summed E-state index contributed by atoms with van der Waals surface area (Å²) in [6, 6.07) is 0. The topological polar surface area (TPSA) is 280 Å². The Morgan fingerprint density at radius 2 is 0.524 bits per heavy atom. The first-order valence-electron chi connectivity index (χ1n) is 3.59. The van der Waals surface area contributed by atoms with Gasteiger partial charge in [0.05, 0.1) is 0 Å². The minimum absolute atomic E-state index is 0. The molecule has 0 aromatic heterocycles.